The molecule has 266 valence electrons. The summed E-state index contributed by atoms with van der Waals surface area (Å²) in [6, 6.07) is 7.36. The Morgan fingerprint density at radius 2 is 1.23 bits per heavy atom. The Hall–Kier alpha value is -3.89. The van der Waals surface area contributed by atoms with Gasteiger partial charge in [-0.2, -0.15) is 0 Å². The molecule has 0 amide bonds. The van der Waals surface area contributed by atoms with Crippen molar-refractivity contribution < 1.29 is 42.8 Å². The molecule has 0 unspecified atom stereocenters. The zero-order chi connectivity index (χ0) is 36.2. The molecule has 0 bridgehead atoms. The van der Waals surface area contributed by atoms with Gasteiger partial charge in [0.2, 0.25) is 0 Å². The summed E-state index contributed by atoms with van der Waals surface area (Å²) in [5.41, 5.74) is 6.92. The van der Waals surface area contributed by atoms with E-state index in [0.29, 0.717) is 39.1 Å². The average Bonchev–Trinajstić information content (AvgIpc) is 3.40. The van der Waals surface area contributed by atoms with Crippen LogP contribution in [-0.2, 0) is 53.2 Å². The molecular weight excluding hydrogens is 614 g/mol. The van der Waals surface area contributed by atoms with Crippen LogP contribution in [0.15, 0.2) is 28.7 Å². The average molecular weight is 670 g/mol. The number of ether oxygens (including phenoxy) is 5. The number of phenols is 1. The summed E-state index contributed by atoms with van der Waals surface area (Å²) in [6.45, 7) is 21.2. The lowest BCUT2D eigenvalue weighted by Crippen LogP contribution is -2.28. The molecule has 3 aromatic rings. The van der Waals surface area contributed by atoms with E-state index < -0.39 is 12.2 Å². The van der Waals surface area contributed by atoms with Crippen LogP contribution < -0.4 is 4.74 Å². The first-order valence-corrected chi connectivity index (χ1v) is 16.4. The molecule has 1 heterocycles. The Bertz CT molecular complexity index is 1460. The van der Waals surface area contributed by atoms with E-state index in [1.807, 2.05) is 60.6 Å². The number of rotatable bonds is 14. The van der Waals surface area contributed by atoms with Crippen molar-refractivity contribution in [2.24, 2.45) is 0 Å². The molecule has 0 aliphatic rings. The SMILES string of the molecule is CCO[C@@H](Cc1c(C)cc(O)cc1C)C(=O)OC.CCO[C@@H](Cc1c(C)cc(OCCc2nc(C(C)(C)C)oc2C)cc1C)C(=O)OC. The summed E-state index contributed by atoms with van der Waals surface area (Å²) >= 11 is 0. The number of oxazole rings is 1. The molecule has 2 atom stereocenters. The molecule has 0 aliphatic heterocycles. The second-order valence-electron chi connectivity index (χ2n) is 12.8. The van der Waals surface area contributed by atoms with Gasteiger partial charge >= 0.3 is 11.9 Å². The third kappa shape index (κ3) is 11.7. The number of phenolic OH excluding ortho intramolecular Hbond substituents is 1. The van der Waals surface area contributed by atoms with E-state index in [1.165, 1.54) is 14.2 Å². The molecule has 0 saturated heterocycles. The topological polar surface area (TPSA) is 127 Å². The van der Waals surface area contributed by atoms with Gasteiger partial charge in [0.1, 0.15) is 17.3 Å². The van der Waals surface area contributed by atoms with Crippen molar-refractivity contribution in [1.29, 1.82) is 0 Å². The van der Waals surface area contributed by atoms with Crippen molar-refractivity contribution >= 4 is 11.9 Å². The van der Waals surface area contributed by atoms with Crippen LogP contribution in [0.1, 0.15) is 85.3 Å². The van der Waals surface area contributed by atoms with E-state index in [1.54, 1.807) is 12.1 Å². The second-order valence-corrected chi connectivity index (χ2v) is 12.8. The maximum absolute atomic E-state index is 12.0. The summed E-state index contributed by atoms with van der Waals surface area (Å²) in [5.74, 6) is 1.91. The first kappa shape index (κ1) is 40.3. The van der Waals surface area contributed by atoms with Crippen LogP contribution in [0.3, 0.4) is 0 Å². The number of hydrogen-bond donors (Lipinski definition) is 1. The Kier molecular flexibility index (Phi) is 15.6. The molecule has 1 N–H and O–H groups in total. The maximum atomic E-state index is 12.0. The number of aromatic hydroxyl groups is 1. The van der Waals surface area contributed by atoms with E-state index in [0.717, 1.165) is 56.5 Å². The standard InChI is InChI=1S/C24H35NO5.C14H20O4/c1-9-28-21(22(26)27-8)14-19-15(2)12-18(13-16(19)3)29-11-10-20-17(4)30-23(25-20)24(5,6)7;1-5-18-13(14(16)17-4)8-12-9(2)6-11(15)7-10(12)3/h12-13,21H,9-11,14H2,1-8H3;6-7,13,15H,5,8H2,1-4H3/t21-;13-/m00/s1. The molecule has 0 fully saturated rings. The van der Waals surface area contributed by atoms with Crippen molar-refractivity contribution in [3.63, 3.8) is 0 Å². The van der Waals surface area contributed by atoms with Gasteiger partial charge in [-0.15, -0.1) is 0 Å². The summed E-state index contributed by atoms with van der Waals surface area (Å²) < 4.78 is 32.4. The number of benzene rings is 2. The van der Waals surface area contributed by atoms with Gasteiger partial charge in [0, 0.05) is 37.9 Å². The van der Waals surface area contributed by atoms with Crippen LogP contribution in [0.2, 0.25) is 0 Å². The summed E-state index contributed by atoms with van der Waals surface area (Å²) in [4.78, 5) is 28.2. The molecule has 0 saturated carbocycles. The third-order valence-corrected chi connectivity index (χ3v) is 7.94. The highest BCUT2D eigenvalue weighted by Gasteiger charge is 2.24. The predicted molar refractivity (Wildman–Crippen MR) is 185 cm³/mol. The molecule has 0 aliphatic carbocycles. The molecule has 3 rings (SSSR count). The third-order valence-electron chi connectivity index (χ3n) is 7.94. The first-order valence-electron chi connectivity index (χ1n) is 16.4. The van der Waals surface area contributed by atoms with Crippen LogP contribution >= 0.6 is 0 Å². The van der Waals surface area contributed by atoms with Gasteiger partial charge in [-0.3, -0.25) is 0 Å². The van der Waals surface area contributed by atoms with E-state index >= 15 is 0 Å². The van der Waals surface area contributed by atoms with E-state index in [4.69, 9.17) is 28.1 Å². The quantitative estimate of drug-likeness (QED) is 0.184. The van der Waals surface area contributed by atoms with Crippen molar-refractivity contribution in [3.05, 3.63) is 75.0 Å². The highest BCUT2D eigenvalue weighted by atomic mass is 16.6. The largest absolute Gasteiger partial charge is 0.508 e. The normalized spacial score (nSPS) is 12.5. The van der Waals surface area contributed by atoms with E-state index in [2.05, 4.69) is 25.8 Å². The van der Waals surface area contributed by atoms with Crippen molar-refractivity contribution in [3.8, 4) is 11.5 Å². The van der Waals surface area contributed by atoms with Gasteiger partial charge in [-0.25, -0.2) is 14.6 Å². The van der Waals surface area contributed by atoms with Crippen LogP contribution in [0, 0.1) is 34.6 Å². The fourth-order valence-corrected chi connectivity index (χ4v) is 5.35. The Labute approximate surface area is 286 Å². The van der Waals surface area contributed by atoms with Gasteiger partial charge < -0.3 is 33.2 Å². The van der Waals surface area contributed by atoms with Crippen molar-refractivity contribution in [2.75, 3.05) is 34.0 Å². The highest BCUT2D eigenvalue weighted by Crippen LogP contribution is 2.27. The molecule has 0 spiro atoms. The lowest BCUT2D eigenvalue weighted by molar-refractivity contribution is -0.154. The van der Waals surface area contributed by atoms with E-state index in [-0.39, 0.29) is 23.1 Å². The Morgan fingerprint density at radius 3 is 1.60 bits per heavy atom. The highest BCUT2D eigenvalue weighted by molar-refractivity contribution is 5.75. The number of carbonyl (C=O) groups is 2. The van der Waals surface area contributed by atoms with Crippen LogP contribution in [-0.4, -0.2) is 68.3 Å². The minimum absolute atomic E-state index is 0.114. The molecular formula is C38H55NO9. The maximum Gasteiger partial charge on any atom is 0.335 e. The molecule has 0 radical (unpaired) electrons. The van der Waals surface area contributed by atoms with Crippen LogP contribution in [0.25, 0.3) is 0 Å². The molecule has 48 heavy (non-hydrogen) atoms. The van der Waals surface area contributed by atoms with Gasteiger partial charge in [0.25, 0.3) is 0 Å². The number of methoxy groups -OCH3 is 2. The number of aromatic nitrogens is 1. The van der Waals surface area contributed by atoms with Gasteiger partial charge in [-0.05, 0) is 106 Å². The number of aryl methyl sites for hydroxylation is 5. The number of nitrogens with zero attached hydrogens (tertiary/aromatic N) is 1. The number of carbonyl (C=O) groups excluding carboxylic acids is 2. The van der Waals surface area contributed by atoms with Crippen molar-refractivity contribution in [2.45, 2.75) is 106 Å². The Morgan fingerprint density at radius 1 is 0.792 bits per heavy atom. The van der Waals surface area contributed by atoms with Gasteiger partial charge in [-0.1, -0.05) is 20.8 Å². The lowest BCUT2D eigenvalue weighted by atomic mass is 9.97. The fourth-order valence-electron chi connectivity index (χ4n) is 5.35. The molecule has 10 nitrogen and oxygen atoms in total. The molecule has 1 aromatic heterocycles. The van der Waals surface area contributed by atoms with E-state index in [9.17, 15) is 14.7 Å². The molecule has 2 aromatic carbocycles. The summed E-state index contributed by atoms with van der Waals surface area (Å²) in [7, 11) is 2.73. The zero-order valence-electron chi connectivity index (χ0n) is 30.9. The number of esters is 2. The summed E-state index contributed by atoms with van der Waals surface area (Å²) in [6.07, 6.45) is 0.420. The van der Waals surface area contributed by atoms with Crippen molar-refractivity contribution in [1.82, 2.24) is 4.98 Å². The minimum atomic E-state index is -0.601. The van der Waals surface area contributed by atoms with Gasteiger partial charge in [0.15, 0.2) is 18.1 Å². The van der Waals surface area contributed by atoms with Gasteiger partial charge in [0.05, 0.1) is 26.5 Å². The Balaban J connectivity index is 0.000000379. The summed E-state index contributed by atoms with van der Waals surface area (Å²) in [5, 5.41) is 9.49. The minimum Gasteiger partial charge on any atom is -0.508 e. The predicted octanol–water partition coefficient (Wildman–Crippen LogP) is 6.77. The number of hydrogen-bond acceptors (Lipinski definition) is 10. The second kappa shape index (κ2) is 18.6. The first-order chi connectivity index (χ1) is 22.6. The van der Waals surface area contributed by atoms with Crippen LogP contribution in [0.5, 0.6) is 11.5 Å². The smallest absolute Gasteiger partial charge is 0.335 e. The van der Waals surface area contributed by atoms with Crippen LogP contribution in [0.4, 0.5) is 0 Å². The molecule has 10 heteroatoms. The monoisotopic (exact) mass is 669 g/mol. The zero-order valence-corrected chi connectivity index (χ0v) is 30.9. The fraction of sp³-hybridized carbons (Fsp3) is 0.553. The lowest BCUT2D eigenvalue weighted by Gasteiger charge is -2.18.